The van der Waals surface area contributed by atoms with Gasteiger partial charge in [0.05, 0.1) is 25.6 Å². The number of rotatable bonds is 7. The number of benzene rings is 1. The Morgan fingerprint density at radius 2 is 2.10 bits per heavy atom. The quantitative estimate of drug-likeness (QED) is 0.588. The second-order valence-electron chi connectivity index (χ2n) is 7.00. The Bertz CT molecular complexity index is 965. The molecule has 29 heavy (non-hydrogen) atoms. The summed E-state index contributed by atoms with van der Waals surface area (Å²) in [5.41, 5.74) is 1.84. The molecule has 1 aliphatic heterocycles. The lowest BCUT2D eigenvalue weighted by Crippen LogP contribution is -2.36. The van der Waals surface area contributed by atoms with Gasteiger partial charge in [0, 0.05) is 17.8 Å². The van der Waals surface area contributed by atoms with Crippen molar-refractivity contribution < 1.29 is 13.9 Å². The van der Waals surface area contributed by atoms with Crippen molar-refractivity contribution in [2.24, 2.45) is 5.10 Å². The number of amides is 1. The fraction of sp³-hybridized carbons (Fsp3) is 0.273. The number of hydrogen-bond donors (Lipinski definition) is 0. The van der Waals surface area contributed by atoms with Crippen molar-refractivity contribution >= 4 is 23.0 Å². The smallest absolute Gasteiger partial charge is 0.257 e. The number of carbonyl (C=O) groups is 1. The van der Waals surface area contributed by atoms with Crippen molar-refractivity contribution in [1.82, 2.24) is 9.91 Å². The number of hydrogen-bond acceptors (Lipinski definition) is 6. The van der Waals surface area contributed by atoms with Gasteiger partial charge >= 0.3 is 0 Å². The molecule has 0 saturated heterocycles. The molecule has 1 aliphatic rings. The maximum absolute atomic E-state index is 13.1. The van der Waals surface area contributed by atoms with Crippen molar-refractivity contribution in [1.29, 1.82) is 0 Å². The SMILES string of the molecule is COc1ccc(C2=NN(C(=O)CN(C)Cc3cccs3)[C@H](c3ccco3)C2)cc1. The summed E-state index contributed by atoms with van der Waals surface area (Å²) in [7, 11) is 3.59. The number of methoxy groups -OCH3 is 1. The summed E-state index contributed by atoms with van der Waals surface area (Å²) >= 11 is 1.69. The van der Waals surface area contributed by atoms with Gasteiger partial charge in [-0.25, -0.2) is 5.01 Å². The number of ether oxygens (including phenoxy) is 1. The highest BCUT2D eigenvalue weighted by Crippen LogP contribution is 2.33. The molecule has 1 atom stereocenters. The molecule has 0 spiro atoms. The Hall–Kier alpha value is -2.90. The van der Waals surface area contributed by atoms with Crippen LogP contribution in [0.2, 0.25) is 0 Å². The lowest BCUT2D eigenvalue weighted by Gasteiger charge is -2.23. The van der Waals surface area contributed by atoms with E-state index in [1.165, 1.54) is 4.88 Å². The standard InChI is InChI=1S/C22H23N3O3S/c1-24(14-18-5-4-12-29-18)15-22(26)25-20(21-6-3-11-28-21)13-19(23-25)16-7-9-17(27-2)10-8-16/h3-12,20H,13-15H2,1-2H3/t20-/m0/s1. The molecule has 1 amide bonds. The number of likely N-dealkylation sites (N-methyl/N-ethyl adjacent to an activating group) is 1. The highest BCUT2D eigenvalue weighted by atomic mass is 32.1. The molecule has 3 aromatic rings. The maximum Gasteiger partial charge on any atom is 0.257 e. The molecule has 0 bridgehead atoms. The zero-order chi connectivity index (χ0) is 20.2. The first-order valence-corrected chi connectivity index (χ1v) is 10.3. The van der Waals surface area contributed by atoms with E-state index >= 15 is 0 Å². The van der Waals surface area contributed by atoms with Crippen molar-refractivity contribution in [3.8, 4) is 5.75 Å². The van der Waals surface area contributed by atoms with Crippen molar-refractivity contribution in [3.63, 3.8) is 0 Å². The van der Waals surface area contributed by atoms with Gasteiger partial charge in [-0.1, -0.05) is 6.07 Å². The van der Waals surface area contributed by atoms with Crippen LogP contribution in [0.4, 0.5) is 0 Å². The second-order valence-corrected chi connectivity index (χ2v) is 8.03. The summed E-state index contributed by atoms with van der Waals surface area (Å²) in [4.78, 5) is 16.3. The van der Waals surface area contributed by atoms with E-state index in [0.29, 0.717) is 6.42 Å². The second kappa shape index (κ2) is 8.63. The van der Waals surface area contributed by atoms with Gasteiger partial charge in [0.1, 0.15) is 17.6 Å². The molecular formula is C22H23N3O3S. The molecule has 150 valence electrons. The zero-order valence-electron chi connectivity index (χ0n) is 16.4. The molecule has 0 fully saturated rings. The van der Waals surface area contributed by atoms with Gasteiger partial charge in [0.2, 0.25) is 0 Å². The molecule has 0 aliphatic carbocycles. The van der Waals surface area contributed by atoms with Crippen molar-refractivity contribution in [3.05, 3.63) is 76.4 Å². The predicted octanol–water partition coefficient (Wildman–Crippen LogP) is 4.16. The van der Waals surface area contributed by atoms with Crippen LogP contribution < -0.4 is 4.74 Å². The first-order chi connectivity index (χ1) is 14.1. The first kappa shape index (κ1) is 19.4. The normalized spacial score (nSPS) is 16.3. The van der Waals surface area contributed by atoms with Crippen LogP contribution in [0.3, 0.4) is 0 Å². The van der Waals surface area contributed by atoms with Crippen molar-refractivity contribution in [2.75, 3.05) is 20.7 Å². The summed E-state index contributed by atoms with van der Waals surface area (Å²) in [5, 5.41) is 8.29. The fourth-order valence-corrected chi connectivity index (χ4v) is 4.21. The molecule has 0 unspecified atom stereocenters. The highest BCUT2D eigenvalue weighted by Gasteiger charge is 2.35. The Balaban J connectivity index is 1.53. The molecule has 0 radical (unpaired) electrons. The number of hydrazone groups is 1. The molecule has 0 N–H and O–H groups in total. The van der Waals surface area contributed by atoms with Gasteiger partial charge in [-0.3, -0.25) is 9.69 Å². The number of thiophene rings is 1. The van der Waals surface area contributed by atoms with Gasteiger partial charge in [0.15, 0.2) is 0 Å². The molecule has 4 rings (SSSR count). The number of nitrogens with zero attached hydrogens (tertiary/aromatic N) is 3. The molecular weight excluding hydrogens is 386 g/mol. The van der Waals surface area contributed by atoms with Crippen LogP contribution in [-0.2, 0) is 11.3 Å². The van der Waals surface area contributed by atoms with Gasteiger partial charge in [-0.15, -0.1) is 11.3 Å². The van der Waals surface area contributed by atoms with Crippen LogP contribution in [0, 0.1) is 0 Å². The fourth-order valence-electron chi connectivity index (χ4n) is 3.43. The van der Waals surface area contributed by atoms with Crippen LogP contribution in [-0.4, -0.2) is 42.2 Å². The summed E-state index contributed by atoms with van der Waals surface area (Å²) in [6, 6.07) is 15.3. The van der Waals surface area contributed by atoms with E-state index in [2.05, 4.69) is 11.2 Å². The van der Waals surface area contributed by atoms with Crippen LogP contribution in [0.5, 0.6) is 5.75 Å². The van der Waals surface area contributed by atoms with Crippen LogP contribution in [0.1, 0.15) is 28.7 Å². The Morgan fingerprint density at radius 1 is 1.28 bits per heavy atom. The zero-order valence-corrected chi connectivity index (χ0v) is 17.3. The van der Waals surface area contributed by atoms with Gasteiger partial charge in [-0.05, 0) is 60.5 Å². The lowest BCUT2D eigenvalue weighted by molar-refractivity contribution is -0.134. The van der Waals surface area contributed by atoms with Crippen LogP contribution in [0.15, 0.2) is 69.7 Å². The van der Waals surface area contributed by atoms with Gasteiger partial charge in [0.25, 0.3) is 5.91 Å². The minimum atomic E-state index is -0.232. The van der Waals surface area contributed by atoms with Crippen LogP contribution >= 0.6 is 11.3 Å². The monoisotopic (exact) mass is 409 g/mol. The van der Waals surface area contributed by atoms with E-state index in [-0.39, 0.29) is 18.5 Å². The topological polar surface area (TPSA) is 58.3 Å². The van der Waals surface area contributed by atoms with E-state index < -0.39 is 0 Å². The summed E-state index contributed by atoms with van der Waals surface area (Å²) < 4.78 is 10.8. The van der Waals surface area contributed by atoms with E-state index in [1.807, 2.05) is 59.8 Å². The first-order valence-electron chi connectivity index (χ1n) is 9.42. The van der Waals surface area contributed by atoms with Gasteiger partial charge < -0.3 is 9.15 Å². The predicted molar refractivity (Wildman–Crippen MR) is 113 cm³/mol. The van der Waals surface area contributed by atoms with Crippen LogP contribution in [0.25, 0.3) is 0 Å². The Labute approximate surface area is 174 Å². The minimum absolute atomic E-state index is 0.0473. The van der Waals surface area contributed by atoms with E-state index in [0.717, 1.165) is 29.3 Å². The molecule has 7 heteroatoms. The minimum Gasteiger partial charge on any atom is -0.497 e. The van der Waals surface area contributed by atoms with Crippen molar-refractivity contribution in [2.45, 2.75) is 19.0 Å². The molecule has 6 nitrogen and oxygen atoms in total. The number of furan rings is 1. The Kier molecular flexibility index (Phi) is 5.78. The van der Waals surface area contributed by atoms with E-state index in [9.17, 15) is 4.79 Å². The highest BCUT2D eigenvalue weighted by molar-refractivity contribution is 7.09. The molecule has 0 saturated carbocycles. The summed E-state index contributed by atoms with van der Waals surface area (Å²) in [6.07, 6.45) is 2.24. The maximum atomic E-state index is 13.1. The average Bonchev–Trinajstić information content (AvgIpc) is 3.48. The lowest BCUT2D eigenvalue weighted by atomic mass is 10.0. The average molecular weight is 410 g/mol. The Morgan fingerprint density at radius 3 is 2.76 bits per heavy atom. The third-order valence-electron chi connectivity index (χ3n) is 4.87. The molecule has 2 aromatic heterocycles. The molecule has 3 heterocycles. The van der Waals surface area contributed by atoms with E-state index in [4.69, 9.17) is 9.15 Å². The largest absolute Gasteiger partial charge is 0.497 e. The van der Waals surface area contributed by atoms with Gasteiger partial charge in [-0.2, -0.15) is 5.10 Å². The third-order valence-corrected chi connectivity index (χ3v) is 5.73. The number of carbonyl (C=O) groups excluding carboxylic acids is 1. The third kappa shape index (κ3) is 4.41. The summed E-state index contributed by atoms with van der Waals surface area (Å²) in [5.74, 6) is 1.48. The van der Waals surface area contributed by atoms with E-state index in [1.54, 1.807) is 29.7 Å². The molecule has 1 aromatic carbocycles. The summed E-state index contributed by atoms with van der Waals surface area (Å²) in [6.45, 7) is 1.02.